The number of aromatic nitrogens is 2. The zero-order valence-electron chi connectivity index (χ0n) is 13.5. The van der Waals surface area contributed by atoms with Gasteiger partial charge in [-0.2, -0.15) is 0 Å². The Morgan fingerprint density at radius 2 is 1.64 bits per heavy atom. The largest absolute Gasteiger partial charge is 0.366 e. The van der Waals surface area contributed by atoms with Gasteiger partial charge in [-0.1, -0.05) is 12.1 Å². The summed E-state index contributed by atoms with van der Waals surface area (Å²) in [5.74, 6) is -1.05. The number of fused-ring (bicyclic) bond motifs is 1. The molecule has 2 amide bonds. The molecule has 3 N–H and O–H groups in total. The molecule has 3 aromatic rings. The van der Waals surface area contributed by atoms with Crippen LogP contribution in [-0.2, 0) is 14.1 Å². The lowest BCUT2D eigenvalue weighted by Crippen LogP contribution is -2.19. The molecule has 128 valence electrons. The van der Waals surface area contributed by atoms with E-state index in [-0.39, 0.29) is 11.3 Å². The molecule has 0 saturated carbocycles. The lowest BCUT2D eigenvalue weighted by atomic mass is 10.1. The molecule has 0 aliphatic rings. The first-order valence-corrected chi connectivity index (χ1v) is 8.15. The monoisotopic (exact) mass is 402 g/mol. The first kappa shape index (κ1) is 17.0. The van der Waals surface area contributed by atoms with Crippen LogP contribution in [0.3, 0.4) is 0 Å². The van der Waals surface area contributed by atoms with Gasteiger partial charge in [0.25, 0.3) is 11.8 Å². The second-order valence-electron chi connectivity index (χ2n) is 5.59. The van der Waals surface area contributed by atoms with Crippen LogP contribution in [0.15, 0.2) is 45.7 Å². The minimum Gasteiger partial charge on any atom is -0.366 e. The van der Waals surface area contributed by atoms with Gasteiger partial charge in [0.2, 0.25) is 0 Å². The third kappa shape index (κ3) is 2.85. The summed E-state index contributed by atoms with van der Waals surface area (Å²) < 4.78 is 3.51. The fourth-order valence-electron chi connectivity index (χ4n) is 2.69. The van der Waals surface area contributed by atoms with Gasteiger partial charge in [0.15, 0.2) is 0 Å². The SMILES string of the molecule is Cn1c(=O)n(C)c2cc(C(=O)Nc3ccccc3C(N)=O)c(Br)cc21. The molecule has 7 nitrogen and oxygen atoms in total. The van der Waals surface area contributed by atoms with Crippen LogP contribution in [0.1, 0.15) is 20.7 Å². The van der Waals surface area contributed by atoms with Crippen LogP contribution in [-0.4, -0.2) is 20.9 Å². The second kappa shape index (κ2) is 6.21. The molecule has 0 radical (unpaired) electrons. The molecule has 0 unspecified atom stereocenters. The Hall–Kier alpha value is -2.87. The van der Waals surface area contributed by atoms with Crippen LogP contribution in [0.25, 0.3) is 11.0 Å². The van der Waals surface area contributed by atoms with Gasteiger partial charge in [0.05, 0.1) is 27.8 Å². The third-order valence-corrected chi connectivity index (χ3v) is 4.70. The van der Waals surface area contributed by atoms with E-state index in [4.69, 9.17) is 5.73 Å². The zero-order chi connectivity index (χ0) is 18.3. The number of amides is 2. The summed E-state index contributed by atoms with van der Waals surface area (Å²) in [6, 6.07) is 9.84. The Balaban J connectivity index is 2.06. The van der Waals surface area contributed by atoms with E-state index >= 15 is 0 Å². The number of para-hydroxylation sites is 1. The summed E-state index contributed by atoms with van der Waals surface area (Å²) in [5.41, 5.74) is 7.37. The summed E-state index contributed by atoms with van der Waals surface area (Å²) in [6.45, 7) is 0. The van der Waals surface area contributed by atoms with Crippen LogP contribution in [0, 0.1) is 0 Å². The van der Waals surface area contributed by atoms with Crippen molar-refractivity contribution in [1.82, 2.24) is 9.13 Å². The number of nitrogens with zero attached hydrogens (tertiary/aromatic N) is 2. The quantitative estimate of drug-likeness (QED) is 0.700. The second-order valence-corrected chi connectivity index (χ2v) is 6.44. The van der Waals surface area contributed by atoms with Crippen LogP contribution in [0.2, 0.25) is 0 Å². The highest BCUT2D eigenvalue weighted by atomic mass is 79.9. The molecule has 25 heavy (non-hydrogen) atoms. The molecule has 0 aliphatic heterocycles. The highest BCUT2D eigenvalue weighted by molar-refractivity contribution is 9.10. The number of primary amides is 1. The number of imidazole rings is 1. The fourth-order valence-corrected chi connectivity index (χ4v) is 3.20. The fraction of sp³-hybridized carbons (Fsp3) is 0.118. The molecule has 1 aromatic heterocycles. The number of benzene rings is 2. The molecular formula is C17H15BrN4O3. The topological polar surface area (TPSA) is 99.1 Å². The highest BCUT2D eigenvalue weighted by Crippen LogP contribution is 2.25. The molecule has 0 aliphatic carbocycles. The van der Waals surface area contributed by atoms with Crippen molar-refractivity contribution >= 4 is 44.5 Å². The van der Waals surface area contributed by atoms with Crippen LogP contribution >= 0.6 is 15.9 Å². The minimum absolute atomic E-state index is 0.182. The summed E-state index contributed by atoms with van der Waals surface area (Å²) in [5, 5.41) is 2.69. The van der Waals surface area contributed by atoms with Gasteiger partial charge in [-0.15, -0.1) is 0 Å². The maximum absolute atomic E-state index is 12.7. The number of nitrogens with two attached hydrogens (primary N) is 1. The van der Waals surface area contributed by atoms with Crippen LogP contribution in [0.4, 0.5) is 5.69 Å². The van der Waals surface area contributed by atoms with Gasteiger partial charge < -0.3 is 11.1 Å². The molecule has 0 spiro atoms. The van der Waals surface area contributed by atoms with Gasteiger partial charge in [-0.25, -0.2) is 4.79 Å². The Morgan fingerprint density at radius 3 is 2.28 bits per heavy atom. The first-order chi connectivity index (χ1) is 11.8. The van der Waals surface area contributed by atoms with Crippen molar-refractivity contribution in [3.05, 3.63) is 62.5 Å². The standard InChI is InChI=1S/C17H15BrN4O3/c1-21-13-7-10(11(18)8-14(13)22(2)17(21)25)16(24)20-12-6-4-3-5-9(12)15(19)23/h3-8H,1-2H3,(H2,19,23)(H,20,24). The molecule has 2 aromatic carbocycles. The molecule has 0 fully saturated rings. The van der Waals surface area contributed by atoms with E-state index in [1.807, 2.05) is 0 Å². The van der Waals surface area contributed by atoms with Crippen molar-refractivity contribution in [2.75, 3.05) is 5.32 Å². The maximum atomic E-state index is 12.7. The summed E-state index contributed by atoms with van der Waals surface area (Å²) in [6.07, 6.45) is 0. The summed E-state index contributed by atoms with van der Waals surface area (Å²) in [4.78, 5) is 36.2. The van der Waals surface area contributed by atoms with Gasteiger partial charge >= 0.3 is 5.69 Å². The number of halogens is 1. The minimum atomic E-state index is -0.629. The number of rotatable bonds is 3. The average molecular weight is 403 g/mol. The van der Waals surface area contributed by atoms with Crippen molar-refractivity contribution in [2.24, 2.45) is 19.8 Å². The van der Waals surface area contributed by atoms with Crippen LogP contribution in [0.5, 0.6) is 0 Å². The molecule has 8 heteroatoms. The lowest BCUT2D eigenvalue weighted by Gasteiger charge is -2.10. The number of anilines is 1. The molecular weight excluding hydrogens is 388 g/mol. The summed E-state index contributed by atoms with van der Waals surface area (Å²) >= 11 is 3.37. The van der Waals surface area contributed by atoms with E-state index in [1.54, 1.807) is 44.4 Å². The van der Waals surface area contributed by atoms with E-state index in [9.17, 15) is 14.4 Å². The molecule has 3 rings (SSSR count). The predicted octanol–water partition coefficient (Wildman–Crippen LogP) is 1.99. The normalized spacial score (nSPS) is 10.8. The number of aryl methyl sites for hydroxylation is 2. The van der Waals surface area contributed by atoms with E-state index in [1.165, 1.54) is 15.2 Å². The average Bonchev–Trinajstić information content (AvgIpc) is 2.78. The lowest BCUT2D eigenvalue weighted by molar-refractivity contribution is 0.100. The van der Waals surface area contributed by atoms with E-state index in [2.05, 4.69) is 21.2 Å². The Labute approximate surface area is 151 Å². The molecule has 0 atom stereocenters. The van der Waals surface area contributed by atoms with Gasteiger partial charge in [-0.05, 0) is 40.2 Å². The van der Waals surface area contributed by atoms with Crippen molar-refractivity contribution < 1.29 is 9.59 Å². The number of carbonyl (C=O) groups is 2. The van der Waals surface area contributed by atoms with Gasteiger partial charge in [-0.3, -0.25) is 18.7 Å². The Bertz CT molecular complexity index is 1080. The third-order valence-electron chi connectivity index (χ3n) is 4.05. The number of nitrogens with one attached hydrogen (secondary N) is 1. The Kier molecular flexibility index (Phi) is 4.22. The van der Waals surface area contributed by atoms with Crippen molar-refractivity contribution in [3.8, 4) is 0 Å². The Morgan fingerprint density at radius 1 is 1.04 bits per heavy atom. The smallest absolute Gasteiger partial charge is 0.328 e. The zero-order valence-corrected chi connectivity index (χ0v) is 15.1. The number of carbonyl (C=O) groups excluding carboxylic acids is 2. The molecule has 0 saturated heterocycles. The maximum Gasteiger partial charge on any atom is 0.328 e. The number of hydrogen-bond acceptors (Lipinski definition) is 3. The predicted molar refractivity (Wildman–Crippen MR) is 98.8 cm³/mol. The van der Waals surface area contributed by atoms with Crippen molar-refractivity contribution in [3.63, 3.8) is 0 Å². The number of hydrogen-bond donors (Lipinski definition) is 2. The van der Waals surface area contributed by atoms with Crippen molar-refractivity contribution in [1.29, 1.82) is 0 Å². The van der Waals surface area contributed by atoms with E-state index in [0.717, 1.165) is 0 Å². The van der Waals surface area contributed by atoms with Crippen molar-refractivity contribution in [2.45, 2.75) is 0 Å². The van der Waals surface area contributed by atoms with Crippen LogP contribution < -0.4 is 16.7 Å². The molecule has 1 heterocycles. The van der Waals surface area contributed by atoms with E-state index in [0.29, 0.717) is 26.8 Å². The van der Waals surface area contributed by atoms with Gasteiger partial charge in [0.1, 0.15) is 0 Å². The molecule has 0 bridgehead atoms. The summed E-state index contributed by atoms with van der Waals surface area (Å²) in [7, 11) is 3.31. The van der Waals surface area contributed by atoms with Gasteiger partial charge in [0, 0.05) is 18.6 Å². The highest BCUT2D eigenvalue weighted by Gasteiger charge is 2.17. The first-order valence-electron chi connectivity index (χ1n) is 7.36. The van der Waals surface area contributed by atoms with E-state index < -0.39 is 11.8 Å².